The number of carbonyl (C=O) groups is 1. The van der Waals surface area contributed by atoms with Crippen LogP contribution in [0.4, 0.5) is 0 Å². The molecule has 0 radical (unpaired) electrons. The van der Waals surface area contributed by atoms with E-state index in [1.165, 1.54) is 0 Å². The van der Waals surface area contributed by atoms with Crippen LogP contribution in [0.5, 0.6) is 11.5 Å². The molecule has 30 heavy (non-hydrogen) atoms. The number of hydrogen-bond donors (Lipinski definition) is 1. The van der Waals surface area contributed by atoms with Crippen molar-refractivity contribution in [1.29, 1.82) is 0 Å². The summed E-state index contributed by atoms with van der Waals surface area (Å²) in [4.78, 5) is 13.1. The normalized spacial score (nSPS) is 11.8. The summed E-state index contributed by atoms with van der Waals surface area (Å²) in [6, 6.07) is 12.9. The van der Waals surface area contributed by atoms with Crippen LogP contribution in [-0.4, -0.2) is 29.9 Å². The van der Waals surface area contributed by atoms with Crippen molar-refractivity contribution in [3.8, 4) is 11.5 Å². The second-order valence-corrected chi connectivity index (χ2v) is 7.51. The molecule has 0 saturated carbocycles. The van der Waals surface area contributed by atoms with Gasteiger partial charge in [-0.05, 0) is 50.6 Å². The van der Waals surface area contributed by atoms with Gasteiger partial charge in [-0.25, -0.2) is 0 Å². The Kier molecular flexibility index (Phi) is 6.67. The quantitative estimate of drug-likeness (QED) is 0.593. The largest absolute Gasteiger partial charge is 0.497 e. The van der Waals surface area contributed by atoms with Crippen molar-refractivity contribution in [2.24, 2.45) is 0 Å². The third-order valence-electron chi connectivity index (χ3n) is 5.14. The van der Waals surface area contributed by atoms with Crippen LogP contribution in [-0.2, 0) is 6.54 Å². The summed E-state index contributed by atoms with van der Waals surface area (Å²) in [5.41, 5.74) is 3.81. The maximum Gasteiger partial charge on any atom is 0.255 e. The van der Waals surface area contributed by atoms with E-state index >= 15 is 0 Å². The fourth-order valence-electron chi connectivity index (χ4n) is 3.49. The van der Waals surface area contributed by atoms with Crippen LogP contribution in [0.3, 0.4) is 0 Å². The van der Waals surface area contributed by atoms with E-state index in [9.17, 15) is 4.79 Å². The minimum atomic E-state index is -0.284. The van der Waals surface area contributed by atoms with Gasteiger partial charge in [-0.15, -0.1) is 0 Å². The van der Waals surface area contributed by atoms with Gasteiger partial charge in [-0.1, -0.05) is 29.8 Å². The Morgan fingerprint density at radius 1 is 1.17 bits per heavy atom. The molecule has 1 heterocycles. The number of methoxy groups -OCH3 is 2. The molecule has 158 valence electrons. The molecule has 3 aromatic rings. The van der Waals surface area contributed by atoms with E-state index in [1.54, 1.807) is 14.2 Å². The molecule has 0 aliphatic rings. The molecule has 6 nitrogen and oxygen atoms in total. The van der Waals surface area contributed by atoms with E-state index in [0.29, 0.717) is 34.3 Å². The van der Waals surface area contributed by atoms with Crippen LogP contribution < -0.4 is 14.8 Å². The van der Waals surface area contributed by atoms with E-state index in [1.807, 2.05) is 67.9 Å². The molecule has 2 aromatic carbocycles. The highest BCUT2D eigenvalue weighted by molar-refractivity contribution is 6.31. The standard InChI is InChI=1S/C23H26ClN3O3/c1-14(19-12-18(29-4)10-11-21(19)30-5)25-23(28)22-15(2)26-27(16(22)3)13-17-8-6-7-9-20(17)24/h6-12,14H,13H2,1-5H3,(H,25,28). The van der Waals surface area contributed by atoms with Crippen molar-refractivity contribution in [3.63, 3.8) is 0 Å². The van der Waals surface area contributed by atoms with Crippen LogP contribution in [0, 0.1) is 13.8 Å². The fourth-order valence-corrected chi connectivity index (χ4v) is 3.69. The van der Waals surface area contributed by atoms with Gasteiger partial charge in [-0.3, -0.25) is 9.48 Å². The number of amides is 1. The number of benzene rings is 2. The summed E-state index contributed by atoms with van der Waals surface area (Å²) in [5, 5.41) is 8.29. The van der Waals surface area contributed by atoms with E-state index in [4.69, 9.17) is 21.1 Å². The molecular weight excluding hydrogens is 402 g/mol. The molecule has 0 spiro atoms. The number of ether oxygens (including phenoxy) is 2. The minimum Gasteiger partial charge on any atom is -0.497 e. The molecule has 7 heteroatoms. The predicted octanol–water partition coefficient (Wildman–Crippen LogP) is 4.71. The molecule has 1 amide bonds. The lowest BCUT2D eigenvalue weighted by Gasteiger charge is -2.18. The summed E-state index contributed by atoms with van der Waals surface area (Å²) in [6.07, 6.45) is 0. The number of halogens is 1. The van der Waals surface area contributed by atoms with Gasteiger partial charge < -0.3 is 14.8 Å². The molecule has 1 atom stereocenters. The second-order valence-electron chi connectivity index (χ2n) is 7.10. The molecule has 0 fully saturated rings. The maximum absolute atomic E-state index is 13.1. The monoisotopic (exact) mass is 427 g/mol. The van der Waals surface area contributed by atoms with E-state index in [2.05, 4.69) is 10.4 Å². The zero-order valence-electron chi connectivity index (χ0n) is 17.8. The van der Waals surface area contributed by atoms with Crippen LogP contribution in [0.1, 0.15) is 45.8 Å². The molecule has 3 rings (SSSR count). The first-order chi connectivity index (χ1) is 14.3. The van der Waals surface area contributed by atoms with Crippen molar-refractivity contribution in [2.45, 2.75) is 33.4 Å². The average molecular weight is 428 g/mol. The predicted molar refractivity (Wildman–Crippen MR) is 118 cm³/mol. The molecule has 1 N–H and O–H groups in total. The van der Waals surface area contributed by atoms with Gasteiger partial charge in [0.2, 0.25) is 0 Å². The van der Waals surface area contributed by atoms with E-state index < -0.39 is 0 Å². The molecule has 0 aliphatic heterocycles. The zero-order chi connectivity index (χ0) is 21.8. The maximum atomic E-state index is 13.1. The third kappa shape index (κ3) is 4.44. The van der Waals surface area contributed by atoms with Crippen molar-refractivity contribution >= 4 is 17.5 Å². The smallest absolute Gasteiger partial charge is 0.255 e. The van der Waals surface area contributed by atoms with Crippen LogP contribution in [0.15, 0.2) is 42.5 Å². The zero-order valence-corrected chi connectivity index (χ0v) is 18.6. The van der Waals surface area contributed by atoms with Gasteiger partial charge in [0.1, 0.15) is 11.5 Å². The van der Waals surface area contributed by atoms with Crippen molar-refractivity contribution in [2.75, 3.05) is 14.2 Å². The number of nitrogens with one attached hydrogen (secondary N) is 1. The molecule has 0 saturated heterocycles. The highest BCUT2D eigenvalue weighted by Gasteiger charge is 2.22. The number of aromatic nitrogens is 2. The summed E-state index contributed by atoms with van der Waals surface area (Å²) < 4.78 is 12.6. The lowest BCUT2D eigenvalue weighted by atomic mass is 10.1. The Bertz CT molecular complexity index is 1060. The topological polar surface area (TPSA) is 65.4 Å². The van der Waals surface area contributed by atoms with E-state index in [0.717, 1.165) is 16.8 Å². The first kappa shape index (κ1) is 21.7. The summed E-state index contributed by atoms with van der Waals surface area (Å²) >= 11 is 6.28. The lowest BCUT2D eigenvalue weighted by molar-refractivity contribution is 0.0938. The Morgan fingerprint density at radius 3 is 2.57 bits per heavy atom. The number of nitrogens with zero attached hydrogens (tertiary/aromatic N) is 2. The average Bonchev–Trinajstić information content (AvgIpc) is 3.02. The lowest BCUT2D eigenvalue weighted by Crippen LogP contribution is -2.28. The van der Waals surface area contributed by atoms with Gasteiger partial charge in [0.15, 0.2) is 0 Å². The molecular formula is C23H26ClN3O3. The highest BCUT2D eigenvalue weighted by atomic mass is 35.5. The SMILES string of the molecule is COc1ccc(OC)c(C(C)NC(=O)c2c(C)nn(Cc3ccccc3Cl)c2C)c1. The Balaban J connectivity index is 1.84. The van der Waals surface area contributed by atoms with Crippen LogP contribution in [0.2, 0.25) is 5.02 Å². The molecule has 1 unspecified atom stereocenters. The van der Waals surface area contributed by atoms with Gasteiger partial charge in [0.25, 0.3) is 5.91 Å². The first-order valence-corrected chi connectivity index (χ1v) is 10.0. The number of aryl methyl sites for hydroxylation is 1. The number of hydrogen-bond acceptors (Lipinski definition) is 4. The van der Waals surface area contributed by atoms with Gasteiger partial charge in [0, 0.05) is 16.3 Å². The van der Waals surface area contributed by atoms with E-state index in [-0.39, 0.29) is 11.9 Å². The molecule has 0 aliphatic carbocycles. The number of carbonyl (C=O) groups excluding carboxylic acids is 1. The minimum absolute atomic E-state index is 0.187. The summed E-state index contributed by atoms with van der Waals surface area (Å²) in [5.74, 6) is 1.20. The Morgan fingerprint density at radius 2 is 1.90 bits per heavy atom. The summed E-state index contributed by atoms with van der Waals surface area (Å²) in [6.45, 7) is 6.14. The van der Waals surface area contributed by atoms with Gasteiger partial charge >= 0.3 is 0 Å². The van der Waals surface area contributed by atoms with Gasteiger partial charge in [0.05, 0.1) is 38.1 Å². The first-order valence-electron chi connectivity index (χ1n) is 9.65. The van der Waals surface area contributed by atoms with Crippen LogP contribution in [0.25, 0.3) is 0 Å². The van der Waals surface area contributed by atoms with Crippen LogP contribution >= 0.6 is 11.6 Å². The second kappa shape index (κ2) is 9.22. The summed E-state index contributed by atoms with van der Waals surface area (Å²) in [7, 11) is 3.21. The van der Waals surface area contributed by atoms with Gasteiger partial charge in [-0.2, -0.15) is 5.10 Å². The molecule has 0 bridgehead atoms. The van der Waals surface area contributed by atoms with Crippen molar-refractivity contribution < 1.29 is 14.3 Å². The fraction of sp³-hybridized carbons (Fsp3) is 0.304. The van der Waals surface area contributed by atoms with Crippen molar-refractivity contribution in [3.05, 3.63) is 75.6 Å². The Hall–Kier alpha value is -2.99. The molecule has 1 aromatic heterocycles. The number of rotatable bonds is 7. The highest BCUT2D eigenvalue weighted by Crippen LogP contribution is 2.29. The van der Waals surface area contributed by atoms with Crippen molar-refractivity contribution in [1.82, 2.24) is 15.1 Å². The third-order valence-corrected chi connectivity index (χ3v) is 5.51. The Labute approximate surface area is 181 Å².